The molecule has 1 atom stereocenters. The number of hydrogen-bond acceptors (Lipinski definition) is 0. The van der Waals surface area contributed by atoms with Gasteiger partial charge in [0, 0.05) is 0 Å². The maximum atomic E-state index is 4.12. The molecule has 3 aromatic carbocycles. The largest absolute Gasteiger partial charge is 4.00 e. The average molecular weight is 392 g/mol. The van der Waals surface area contributed by atoms with E-state index >= 15 is 0 Å². The van der Waals surface area contributed by atoms with Gasteiger partial charge in [0.25, 0.3) is 0 Å². The van der Waals surface area contributed by atoms with Crippen molar-refractivity contribution < 1.29 is 26.2 Å². The second-order valence-corrected chi connectivity index (χ2v) is 5.53. The van der Waals surface area contributed by atoms with Crippen molar-refractivity contribution >= 4 is 0 Å². The Morgan fingerprint density at radius 2 is 1.38 bits per heavy atom. The third-order valence-corrected chi connectivity index (χ3v) is 3.68. The van der Waals surface area contributed by atoms with Crippen molar-refractivity contribution in [2.75, 3.05) is 0 Å². The first-order valence-corrected chi connectivity index (χ1v) is 8.20. The molecule has 3 aromatic rings. The number of rotatable bonds is 1. The second-order valence-electron chi connectivity index (χ2n) is 5.53. The minimum absolute atomic E-state index is 0. The van der Waals surface area contributed by atoms with Crippen LogP contribution < -0.4 is 0 Å². The fourth-order valence-corrected chi connectivity index (χ4v) is 2.43. The van der Waals surface area contributed by atoms with E-state index in [0.717, 1.165) is 0 Å². The maximum Gasteiger partial charge on any atom is 4.00 e. The van der Waals surface area contributed by atoms with Crippen LogP contribution in [0.3, 0.4) is 0 Å². The van der Waals surface area contributed by atoms with Gasteiger partial charge in [-0.1, -0.05) is 18.9 Å². The fourth-order valence-electron chi connectivity index (χ4n) is 2.43. The van der Waals surface area contributed by atoms with E-state index in [9.17, 15) is 0 Å². The van der Waals surface area contributed by atoms with Gasteiger partial charge in [0.15, 0.2) is 0 Å². The van der Waals surface area contributed by atoms with Crippen molar-refractivity contribution in [3.05, 3.63) is 115 Å². The summed E-state index contributed by atoms with van der Waals surface area (Å²) in [5.41, 5.74) is 2.58. The van der Waals surface area contributed by atoms with Crippen LogP contribution >= 0.6 is 0 Å². The minimum atomic E-state index is 0. The van der Waals surface area contributed by atoms with Crippen molar-refractivity contribution in [2.24, 2.45) is 5.92 Å². The van der Waals surface area contributed by atoms with Crippen LogP contribution in [-0.2, 0) is 26.2 Å². The Morgan fingerprint density at radius 1 is 0.833 bits per heavy atom. The summed E-state index contributed by atoms with van der Waals surface area (Å²) < 4.78 is 0. The van der Waals surface area contributed by atoms with Crippen molar-refractivity contribution in [3.63, 3.8) is 0 Å². The van der Waals surface area contributed by atoms with E-state index in [2.05, 4.69) is 37.3 Å². The molecule has 1 aliphatic carbocycles. The standard InChI is InChI=1S/C13H14.2C5H5.Zr/c1-11-6-5-9-13(11)10-12-7-3-2-4-8-12;2*1-2-4-5-3-1;/h2-4,7-8,11H,1,5-6,9H2;2*1-5H;/q-2;2*-1;+4. The summed E-state index contributed by atoms with van der Waals surface area (Å²) >= 11 is 0. The number of allylic oxidation sites excluding steroid dienone is 1. The molecule has 0 amide bonds. The van der Waals surface area contributed by atoms with Crippen LogP contribution in [0.2, 0.25) is 0 Å². The number of benzene rings is 1. The first kappa shape index (κ1) is 20.6. The van der Waals surface area contributed by atoms with Crippen molar-refractivity contribution in [1.82, 2.24) is 0 Å². The van der Waals surface area contributed by atoms with Crippen LogP contribution in [0.5, 0.6) is 0 Å². The summed E-state index contributed by atoms with van der Waals surface area (Å²) in [5, 5.41) is 0. The van der Waals surface area contributed by atoms with Crippen LogP contribution in [0, 0.1) is 18.9 Å². The summed E-state index contributed by atoms with van der Waals surface area (Å²) in [5.74, 6) is 0.500. The molecular formula is C23H24Zr. The van der Waals surface area contributed by atoms with E-state index in [1.807, 2.05) is 66.7 Å². The van der Waals surface area contributed by atoms with Gasteiger partial charge in [-0.2, -0.15) is 71.7 Å². The van der Waals surface area contributed by atoms with Crippen LogP contribution in [0.25, 0.3) is 0 Å². The molecule has 0 nitrogen and oxygen atoms in total. The Kier molecular flexibility index (Phi) is 11.1. The third kappa shape index (κ3) is 8.41. The van der Waals surface area contributed by atoms with Gasteiger partial charge in [-0.3, -0.25) is 0 Å². The van der Waals surface area contributed by atoms with Gasteiger partial charge in [0.1, 0.15) is 0 Å². The Morgan fingerprint density at radius 3 is 1.75 bits per heavy atom. The van der Waals surface area contributed by atoms with E-state index in [4.69, 9.17) is 0 Å². The zero-order valence-electron chi connectivity index (χ0n) is 14.1. The molecule has 1 aliphatic rings. The molecule has 0 saturated heterocycles. The normalized spacial score (nSPS) is 17.0. The molecule has 1 saturated carbocycles. The zero-order chi connectivity index (χ0) is 16.2. The summed E-state index contributed by atoms with van der Waals surface area (Å²) in [6.45, 7) is 4.12. The maximum absolute atomic E-state index is 4.12. The predicted octanol–water partition coefficient (Wildman–Crippen LogP) is 6.21. The first-order valence-electron chi connectivity index (χ1n) is 8.20. The molecule has 120 valence electrons. The fraction of sp³-hybridized carbons (Fsp3) is 0.174. The molecule has 0 N–H and O–H groups in total. The third-order valence-electron chi connectivity index (χ3n) is 3.68. The van der Waals surface area contributed by atoms with Gasteiger partial charge < -0.3 is 6.92 Å². The van der Waals surface area contributed by atoms with Crippen LogP contribution in [0.4, 0.5) is 0 Å². The molecule has 0 aliphatic heterocycles. The van der Waals surface area contributed by atoms with E-state index in [1.54, 1.807) is 0 Å². The van der Waals surface area contributed by atoms with E-state index in [1.165, 1.54) is 30.4 Å². The first-order chi connectivity index (χ1) is 11.4. The molecule has 0 heterocycles. The molecule has 4 rings (SSSR count). The Balaban J connectivity index is 0.000000216. The molecule has 1 fully saturated rings. The Bertz CT molecular complexity index is 557. The smallest absolute Gasteiger partial charge is 0.337 e. The predicted molar refractivity (Wildman–Crippen MR) is 99.1 cm³/mol. The topological polar surface area (TPSA) is 0 Å². The van der Waals surface area contributed by atoms with Crippen molar-refractivity contribution in [2.45, 2.75) is 19.3 Å². The van der Waals surface area contributed by atoms with Gasteiger partial charge in [0.05, 0.1) is 0 Å². The van der Waals surface area contributed by atoms with Crippen LogP contribution in [0.15, 0.2) is 96.6 Å². The SMILES string of the molecule is [CH2-]C1CCCC1=[C-]c1ccccc1.[Zr+4].c1cc[cH-]c1.c1cc[cH-]c1. The van der Waals surface area contributed by atoms with E-state index in [-0.39, 0.29) is 26.2 Å². The summed E-state index contributed by atoms with van der Waals surface area (Å²) in [7, 11) is 0. The minimum Gasteiger partial charge on any atom is -0.337 e. The van der Waals surface area contributed by atoms with E-state index < -0.39 is 0 Å². The second kappa shape index (κ2) is 12.9. The molecule has 24 heavy (non-hydrogen) atoms. The molecule has 1 heteroatoms. The van der Waals surface area contributed by atoms with Gasteiger partial charge in [-0.05, 0) is 6.42 Å². The number of hydrogen-bond donors (Lipinski definition) is 0. The summed E-state index contributed by atoms with van der Waals surface area (Å²) in [6.07, 6.45) is 7.14. The van der Waals surface area contributed by atoms with Gasteiger partial charge in [0.2, 0.25) is 0 Å². The van der Waals surface area contributed by atoms with Crippen LogP contribution in [0.1, 0.15) is 24.8 Å². The van der Waals surface area contributed by atoms with Gasteiger partial charge in [-0.25, -0.2) is 24.3 Å². The zero-order valence-corrected chi connectivity index (χ0v) is 16.5. The molecule has 0 spiro atoms. The van der Waals surface area contributed by atoms with Gasteiger partial charge in [-0.15, -0.1) is 12.1 Å². The van der Waals surface area contributed by atoms with E-state index in [0.29, 0.717) is 5.92 Å². The van der Waals surface area contributed by atoms with Crippen molar-refractivity contribution in [1.29, 1.82) is 0 Å². The summed E-state index contributed by atoms with van der Waals surface area (Å²) in [4.78, 5) is 0. The van der Waals surface area contributed by atoms with Gasteiger partial charge >= 0.3 is 26.2 Å². The summed E-state index contributed by atoms with van der Waals surface area (Å²) in [6, 6.07) is 30.3. The Labute approximate surface area is 166 Å². The van der Waals surface area contributed by atoms with Crippen LogP contribution in [-0.4, -0.2) is 0 Å². The average Bonchev–Trinajstić information content (AvgIpc) is 3.36. The molecule has 1 unspecified atom stereocenters. The Hall–Kier alpha value is -1.46. The monoisotopic (exact) mass is 390 g/mol. The molecule has 0 aromatic heterocycles. The molecule has 0 radical (unpaired) electrons. The van der Waals surface area contributed by atoms with Crippen molar-refractivity contribution in [3.8, 4) is 0 Å². The molecular weight excluding hydrogens is 367 g/mol. The quantitative estimate of drug-likeness (QED) is 0.433. The molecule has 0 bridgehead atoms.